The molecule has 1 aromatic rings. The van der Waals surface area contributed by atoms with E-state index in [9.17, 15) is 14.0 Å². The lowest BCUT2D eigenvalue weighted by atomic mass is 9.95. The van der Waals surface area contributed by atoms with Crippen molar-refractivity contribution < 1.29 is 14.0 Å². The summed E-state index contributed by atoms with van der Waals surface area (Å²) in [4.78, 5) is 28.5. The molecule has 0 spiro atoms. The van der Waals surface area contributed by atoms with Crippen molar-refractivity contribution in [1.29, 1.82) is 0 Å². The molecule has 2 fully saturated rings. The predicted octanol–water partition coefficient (Wildman–Crippen LogP) is 2.23. The first-order valence-corrected chi connectivity index (χ1v) is 8.44. The second-order valence-electron chi connectivity index (χ2n) is 6.49. The van der Waals surface area contributed by atoms with Crippen molar-refractivity contribution in [2.45, 2.75) is 32.1 Å². The molecular weight excluding hydrogens is 295 g/mol. The van der Waals surface area contributed by atoms with E-state index in [2.05, 4.69) is 0 Å². The number of hydrogen-bond donors (Lipinski definition) is 0. The SMILES string of the molecule is O=C(Cc1cccc(F)c1)N1CCC(C(=O)N2CCCC2)CC1. The van der Waals surface area contributed by atoms with Crippen molar-refractivity contribution in [1.82, 2.24) is 9.80 Å². The third-order valence-corrected chi connectivity index (χ3v) is 4.86. The van der Waals surface area contributed by atoms with Crippen LogP contribution in [0.2, 0.25) is 0 Å². The van der Waals surface area contributed by atoms with E-state index in [0.717, 1.165) is 38.8 Å². The zero-order valence-corrected chi connectivity index (χ0v) is 13.3. The van der Waals surface area contributed by atoms with Crippen LogP contribution in [0.5, 0.6) is 0 Å². The van der Waals surface area contributed by atoms with Crippen molar-refractivity contribution in [3.8, 4) is 0 Å². The molecule has 0 bridgehead atoms. The lowest BCUT2D eigenvalue weighted by Crippen LogP contribution is -2.44. The number of rotatable bonds is 3. The molecule has 0 unspecified atom stereocenters. The van der Waals surface area contributed by atoms with Gasteiger partial charge in [-0.1, -0.05) is 12.1 Å². The van der Waals surface area contributed by atoms with Crippen molar-refractivity contribution in [2.24, 2.45) is 5.92 Å². The number of carbonyl (C=O) groups is 2. The van der Waals surface area contributed by atoms with E-state index in [0.29, 0.717) is 18.7 Å². The standard InChI is InChI=1S/C18H23FN2O2/c19-16-5-3-4-14(12-16)13-17(22)20-10-6-15(7-11-20)18(23)21-8-1-2-9-21/h3-5,12,15H,1-2,6-11,13H2. The molecule has 0 radical (unpaired) electrons. The summed E-state index contributed by atoms with van der Waals surface area (Å²) in [5.74, 6) is 0.0268. The quantitative estimate of drug-likeness (QED) is 0.857. The highest BCUT2D eigenvalue weighted by atomic mass is 19.1. The normalized spacial score (nSPS) is 19.2. The Morgan fingerprint density at radius 2 is 1.74 bits per heavy atom. The second kappa shape index (κ2) is 7.11. The molecule has 23 heavy (non-hydrogen) atoms. The van der Waals surface area contributed by atoms with Crippen LogP contribution < -0.4 is 0 Å². The van der Waals surface area contributed by atoms with Crippen LogP contribution in [0.25, 0.3) is 0 Å². The summed E-state index contributed by atoms with van der Waals surface area (Å²) in [5.41, 5.74) is 0.699. The van der Waals surface area contributed by atoms with Crippen molar-refractivity contribution in [3.05, 3.63) is 35.6 Å². The van der Waals surface area contributed by atoms with Crippen molar-refractivity contribution >= 4 is 11.8 Å². The predicted molar refractivity (Wildman–Crippen MR) is 85.2 cm³/mol. The topological polar surface area (TPSA) is 40.6 Å². The molecule has 0 aromatic heterocycles. The fourth-order valence-corrected chi connectivity index (χ4v) is 3.50. The highest BCUT2D eigenvalue weighted by Crippen LogP contribution is 2.22. The van der Waals surface area contributed by atoms with E-state index in [4.69, 9.17) is 0 Å². The average Bonchev–Trinajstić information content (AvgIpc) is 3.09. The number of likely N-dealkylation sites (tertiary alicyclic amines) is 2. The van der Waals surface area contributed by atoms with E-state index >= 15 is 0 Å². The minimum atomic E-state index is -0.315. The van der Waals surface area contributed by atoms with Gasteiger partial charge < -0.3 is 9.80 Å². The molecule has 2 saturated heterocycles. The van der Waals surface area contributed by atoms with E-state index in [1.54, 1.807) is 17.0 Å². The van der Waals surface area contributed by atoms with Gasteiger partial charge >= 0.3 is 0 Å². The maximum absolute atomic E-state index is 13.2. The Morgan fingerprint density at radius 3 is 2.39 bits per heavy atom. The molecular formula is C18H23FN2O2. The number of halogens is 1. The molecule has 0 aliphatic carbocycles. The monoisotopic (exact) mass is 318 g/mol. The smallest absolute Gasteiger partial charge is 0.226 e. The zero-order chi connectivity index (χ0) is 16.2. The van der Waals surface area contributed by atoms with Gasteiger partial charge in [-0.2, -0.15) is 0 Å². The number of hydrogen-bond acceptors (Lipinski definition) is 2. The van der Waals surface area contributed by atoms with Crippen molar-refractivity contribution in [2.75, 3.05) is 26.2 Å². The first-order valence-electron chi connectivity index (χ1n) is 8.44. The van der Waals surface area contributed by atoms with Gasteiger partial charge in [0.15, 0.2) is 0 Å². The van der Waals surface area contributed by atoms with E-state index < -0.39 is 0 Å². The van der Waals surface area contributed by atoms with Crippen LogP contribution in [0.3, 0.4) is 0 Å². The molecule has 3 rings (SSSR count). The molecule has 0 N–H and O–H groups in total. The maximum atomic E-state index is 13.2. The Hall–Kier alpha value is -1.91. The minimum absolute atomic E-state index is 0.0164. The van der Waals surface area contributed by atoms with Crippen LogP contribution >= 0.6 is 0 Å². The Balaban J connectivity index is 1.50. The summed E-state index contributed by atoms with van der Waals surface area (Å²) in [6, 6.07) is 6.18. The van der Waals surface area contributed by atoms with Gasteiger partial charge in [0.2, 0.25) is 11.8 Å². The molecule has 2 heterocycles. The summed E-state index contributed by atoms with van der Waals surface area (Å²) in [6.07, 6.45) is 3.92. The second-order valence-corrected chi connectivity index (χ2v) is 6.49. The number of piperidine rings is 1. The highest BCUT2D eigenvalue weighted by molar-refractivity contribution is 5.81. The molecule has 0 atom stereocenters. The molecule has 2 amide bonds. The summed E-state index contributed by atoms with van der Waals surface area (Å²) in [7, 11) is 0. The van der Waals surface area contributed by atoms with Crippen LogP contribution in [0.4, 0.5) is 4.39 Å². The first-order chi connectivity index (χ1) is 11.1. The van der Waals surface area contributed by atoms with Gasteiger partial charge in [-0.25, -0.2) is 4.39 Å². The van der Waals surface area contributed by atoms with Crippen LogP contribution in [-0.2, 0) is 16.0 Å². The summed E-state index contributed by atoms with van der Waals surface area (Å²) < 4.78 is 13.2. The lowest BCUT2D eigenvalue weighted by molar-refractivity contribution is -0.139. The molecule has 0 saturated carbocycles. The summed E-state index contributed by atoms with van der Waals surface area (Å²) in [6.45, 7) is 3.02. The van der Waals surface area contributed by atoms with Crippen LogP contribution in [-0.4, -0.2) is 47.8 Å². The average molecular weight is 318 g/mol. The molecule has 1 aromatic carbocycles. The van der Waals surface area contributed by atoms with Gasteiger partial charge in [0.1, 0.15) is 5.82 Å². The fraction of sp³-hybridized carbons (Fsp3) is 0.556. The lowest BCUT2D eigenvalue weighted by Gasteiger charge is -2.33. The molecule has 124 valence electrons. The third-order valence-electron chi connectivity index (χ3n) is 4.86. The maximum Gasteiger partial charge on any atom is 0.226 e. The van der Waals surface area contributed by atoms with Gasteiger partial charge in [0.25, 0.3) is 0 Å². The Morgan fingerprint density at radius 1 is 1.04 bits per heavy atom. The molecule has 2 aliphatic rings. The van der Waals surface area contributed by atoms with Crippen LogP contribution in [0.1, 0.15) is 31.2 Å². The Bertz CT molecular complexity index is 576. The Kier molecular flexibility index (Phi) is 4.94. The third kappa shape index (κ3) is 3.89. The number of carbonyl (C=O) groups excluding carboxylic acids is 2. The minimum Gasteiger partial charge on any atom is -0.342 e. The van der Waals surface area contributed by atoms with Crippen LogP contribution in [0, 0.1) is 11.7 Å². The molecule has 2 aliphatic heterocycles. The van der Waals surface area contributed by atoms with Crippen LogP contribution in [0.15, 0.2) is 24.3 Å². The van der Waals surface area contributed by atoms with Gasteiger partial charge in [-0.3, -0.25) is 9.59 Å². The van der Waals surface area contributed by atoms with E-state index in [1.807, 2.05) is 4.90 Å². The Labute approximate surface area is 136 Å². The number of amides is 2. The first kappa shape index (κ1) is 16.0. The highest BCUT2D eigenvalue weighted by Gasteiger charge is 2.31. The van der Waals surface area contributed by atoms with Gasteiger partial charge in [0, 0.05) is 32.1 Å². The van der Waals surface area contributed by atoms with Gasteiger partial charge in [0.05, 0.1) is 6.42 Å². The number of nitrogens with zero attached hydrogens (tertiary/aromatic N) is 2. The van der Waals surface area contributed by atoms with E-state index in [-0.39, 0.29) is 30.0 Å². The largest absolute Gasteiger partial charge is 0.342 e. The van der Waals surface area contributed by atoms with Gasteiger partial charge in [-0.05, 0) is 43.4 Å². The molecule has 5 heteroatoms. The summed E-state index contributed by atoms with van der Waals surface area (Å²) >= 11 is 0. The molecule has 4 nitrogen and oxygen atoms in total. The van der Waals surface area contributed by atoms with E-state index in [1.165, 1.54) is 12.1 Å². The number of benzene rings is 1. The fourth-order valence-electron chi connectivity index (χ4n) is 3.50. The van der Waals surface area contributed by atoms with Gasteiger partial charge in [-0.15, -0.1) is 0 Å². The zero-order valence-electron chi connectivity index (χ0n) is 13.3. The van der Waals surface area contributed by atoms with Crippen molar-refractivity contribution in [3.63, 3.8) is 0 Å². The summed E-state index contributed by atoms with van der Waals surface area (Å²) in [5, 5.41) is 0.